The van der Waals surface area contributed by atoms with Crippen LogP contribution in [0.15, 0.2) is 18.5 Å². The van der Waals surface area contributed by atoms with Gasteiger partial charge in [0.25, 0.3) is 0 Å². The molecule has 0 fully saturated rings. The molecular weight excluding hydrogens is 214 g/mol. The minimum atomic E-state index is -1.02. The molecule has 0 unspecified atom stereocenters. The molecule has 0 saturated heterocycles. The van der Waals surface area contributed by atoms with E-state index in [9.17, 15) is 4.79 Å². The van der Waals surface area contributed by atoms with Crippen LogP contribution < -0.4 is 0 Å². The minimum absolute atomic E-state index is 0.0648. The first-order chi connectivity index (χ1) is 7.18. The van der Waals surface area contributed by atoms with Crippen molar-refractivity contribution < 1.29 is 9.90 Å². The van der Waals surface area contributed by atoms with Gasteiger partial charge in [-0.3, -0.25) is 0 Å². The highest BCUT2D eigenvalue weighted by molar-refractivity contribution is 7.17. The topological polar surface area (TPSA) is 76.0 Å². The second-order valence-corrected chi connectivity index (χ2v) is 3.81. The maximum Gasteiger partial charge on any atom is 0.365 e. The molecule has 0 amide bonds. The Morgan fingerprint density at radius 1 is 1.40 bits per heavy atom. The number of aromatic nitrogens is 3. The molecule has 2 aromatic rings. The van der Waals surface area contributed by atoms with E-state index in [1.54, 1.807) is 25.4 Å². The van der Waals surface area contributed by atoms with Gasteiger partial charge in [0.2, 0.25) is 5.01 Å². The molecule has 0 aromatic carbocycles. The Bertz CT molecular complexity index is 495. The van der Waals surface area contributed by atoms with Crippen molar-refractivity contribution in [1.82, 2.24) is 15.0 Å². The van der Waals surface area contributed by atoms with Crippen LogP contribution in [0.2, 0.25) is 0 Å². The summed E-state index contributed by atoms with van der Waals surface area (Å²) < 4.78 is 0. The Balaban J connectivity index is 2.50. The lowest BCUT2D eigenvalue weighted by Gasteiger charge is -1.93. The average molecular weight is 221 g/mol. The fraction of sp³-hybridized carbons (Fsp3) is 0.111. The third-order valence-corrected chi connectivity index (χ3v) is 2.89. The van der Waals surface area contributed by atoms with E-state index in [1.807, 2.05) is 0 Å². The Hall–Kier alpha value is -1.82. The van der Waals surface area contributed by atoms with Crippen LogP contribution in [0.25, 0.3) is 10.7 Å². The number of hydrogen-bond donors (Lipinski definition) is 1. The number of thiazole rings is 1. The van der Waals surface area contributed by atoms with Crippen molar-refractivity contribution in [2.75, 3.05) is 0 Å². The van der Waals surface area contributed by atoms with E-state index in [2.05, 4.69) is 15.0 Å². The van der Waals surface area contributed by atoms with Crippen LogP contribution in [0.5, 0.6) is 0 Å². The molecule has 76 valence electrons. The molecule has 15 heavy (non-hydrogen) atoms. The molecule has 2 aromatic heterocycles. The zero-order valence-electron chi connectivity index (χ0n) is 7.84. The van der Waals surface area contributed by atoms with Gasteiger partial charge in [-0.15, -0.1) is 11.3 Å². The molecular formula is C9H7N3O2S. The predicted octanol–water partition coefficient (Wildman–Crippen LogP) is 1.61. The lowest BCUT2D eigenvalue weighted by molar-refractivity contribution is 0.0696. The summed E-state index contributed by atoms with van der Waals surface area (Å²) in [4.78, 5) is 23.4. The van der Waals surface area contributed by atoms with Gasteiger partial charge < -0.3 is 5.11 Å². The van der Waals surface area contributed by atoms with Crippen molar-refractivity contribution in [2.45, 2.75) is 6.92 Å². The van der Waals surface area contributed by atoms with Gasteiger partial charge in [-0.25, -0.2) is 19.7 Å². The van der Waals surface area contributed by atoms with E-state index in [0.717, 1.165) is 11.3 Å². The molecule has 5 nitrogen and oxygen atoms in total. The first kappa shape index (κ1) is 9.72. The zero-order valence-corrected chi connectivity index (χ0v) is 8.65. The number of aromatic carboxylic acids is 1. The number of carbonyl (C=O) groups is 1. The second-order valence-electron chi connectivity index (χ2n) is 2.81. The standard InChI is InChI=1S/C9H7N3O2S/c1-5-6(7-10-3-2-4-11-7)15-8(12-5)9(13)14/h2-4H,1H3,(H,13,14). The van der Waals surface area contributed by atoms with Gasteiger partial charge in [-0.2, -0.15) is 0 Å². The van der Waals surface area contributed by atoms with Crippen LogP contribution in [0.3, 0.4) is 0 Å². The first-order valence-corrected chi connectivity index (χ1v) is 4.98. The Morgan fingerprint density at radius 3 is 2.60 bits per heavy atom. The van der Waals surface area contributed by atoms with Crippen LogP contribution in [0, 0.1) is 6.92 Å². The van der Waals surface area contributed by atoms with Crippen LogP contribution in [-0.4, -0.2) is 26.0 Å². The summed E-state index contributed by atoms with van der Waals surface area (Å²) >= 11 is 1.09. The SMILES string of the molecule is Cc1nc(C(=O)O)sc1-c1ncccn1. The molecule has 1 N–H and O–H groups in total. The molecule has 0 aliphatic heterocycles. The molecule has 0 atom stereocenters. The van der Waals surface area contributed by atoms with Gasteiger partial charge in [0.15, 0.2) is 5.82 Å². The molecule has 0 bridgehead atoms. The monoisotopic (exact) mass is 221 g/mol. The maximum absolute atomic E-state index is 10.7. The third-order valence-electron chi connectivity index (χ3n) is 1.75. The minimum Gasteiger partial charge on any atom is -0.476 e. The molecule has 6 heteroatoms. The van der Waals surface area contributed by atoms with Crippen molar-refractivity contribution in [3.63, 3.8) is 0 Å². The summed E-state index contributed by atoms with van der Waals surface area (Å²) in [7, 11) is 0. The highest BCUT2D eigenvalue weighted by Gasteiger charge is 2.15. The molecule has 0 spiro atoms. The van der Waals surface area contributed by atoms with E-state index in [-0.39, 0.29) is 5.01 Å². The number of nitrogens with zero attached hydrogens (tertiary/aromatic N) is 3. The summed E-state index contributed by atoms with van der Waals surface area (Å²) in [6.07, 6.45) is 3.23. The lowest BCUT2D eigenvalue weighted by atomic mass is 10.4. The fourth-order valence-corrected chi connectivity index (χ4v) is 1.96. The lowest BCUT2D eigenvalue weighted by Crippen LogP contribution is -1.93. The predicted molar refractivity (Wildman–Crippen MR) is 54.8 cm³/mol. The Labute approximate surface area is 89.5 Å². The van der Waals surface area contributed by atoms with E-state index in [4.69, 9.17) is 5.11 Å². The zero-order chi connectivity index (χ0) is 10.8. The number of hydrogen-bond acceptors (Lipinski definition) is 5. The van der Waals surface area contributed by atoms with Gasteiger partial charge in [-0.1, -0.05) is 0 Å². The summed E-state index contributed by atoms with van der Waals surface area (Å²) in [6, 6.07) is 1.71. The largest absolute Gasteiger partial charge is 0.476 e. The third kappa shape index (κ3) is 1.84. The first-order valence-electron chi connectivity index (χ1n) is 4.16. The highest BCUT2D eigenvalue weighted by atomic mass is 32.1. The van der Waals surface area contributed by atoms with Crippen molar-refractivity contribution >= 4 is 17.3 Å². The smallest absolute Gasteiger partial charge is 0.365 e. The molecule has 0 saturated carbocycles. The summed E-state index contributed by atoms with van der Waals surface area (Å²) in [5.74, 6) is -0.509. The van der Waals surface area contributed by atoms with Crippen LogP contribution in [0.1, 0.15) is 15.5 Å². The quantitative estimate of drug-likeness (QED) is 0.833. The van der Waals surface area contributed by atoms with Crippen molar-refractivity contribution in [2.24, 2.45) is 0 Å². The van der Waals surface area contributed by atoms with Gasteiger partial charge in [0.05, 0.1) is 10.6 Å². The summed E-state index contributed by atoms with van der Waals surface area (Å²) in [5, 5.41) is 8.84. The van der Waals surface area contributed by atoms with Gasteiger partial charge in [-0.05, 0) is 13.0 Å². The average Bonchev–Trinajstić information content (AvgIpc) is 2.62. The number of carboxylic acids is 1. The highest BCUT2D eigenvalue weighted by Crippen LogP contribution is 2.26. The van der Waals surface area contributed by atoms with Gasteiger partial charge in [0.1, 0.15) is 0 Å². The van der Waals surface area contributed by atoms with E-state index in [1.165, 1.54) is 0 Å². The van der Waals surface area contributed by atoms with Crippen LogP contribution in [0.4, 0.5) is 0 Å². The fourth-order valence-electron chi connectivity index (χ4n) is 1.11. The van der Waals surface area contributed by atoms with E-state index >= 15 is 0 Å². The van der Waals surface area contributed by atoms with E-state index < -0.39 is 5.97 Å². The maximum atomic E-state index is 10.7. The molecule has 0 aliphatic carbocycles. The number of rotatable bonds is 2. The molecule has 0 aliphatic rings. The number of carboxylic acid groups (broad SMARTS) is 1. The van der Waals surface area contributed by atoms with Crippen LogP contribution in [-0.2, 0) is 0 Å². The van der Waals surface area contributed by atoms with Crippen molar-refractivity contribution in [1.29, 1.82) is 0 Å². The van der Waals surface area contributed by atoms with Crippen molar-refractivity contribution in [3.8, 4) is 10.7 Å². The Kier molecular flexibility index (Phi) is 2.42. The molecule has 2 rings (SSSR count). The number of aryl methyl sites for hydroxylation is 1. The van der Waals surface area contributed by atoms with Crippen LogP contribution >= 0.6 is 11.3 Å². The summed E-state index contributed by atoms with van der Waals surface area (Å²) in [5.41, 5.74) is 0.642. The Morgan fingerprint density at radius 2 is 2.07 bits per heavy atom. The second kappa shape index (κ2) is 3.74. The summed E-state index contributed by atoms with van der Waals surface area (Å²) in [6.45, 7) is 1.74. The van der Waals surface area contributed by atoms with E-state index in [0.29, 0.717) is 16.4 Å². The molecule has 2 heterocycles. The van der Waals surface area contributed by atoms with Gasteiger partial charge in [0, 0.05) is 12.4 Å². The van der Waals surface area contributed by atoms with Gasteiger partial charge >= 0.3 is 5.97 Å². The van der Waals surface area contributed by atoms with Crippen molar-refractivity contribution in [3.05, 3.63) is 29.2 Å². The molecule has 0 radical (unpaired) electrons. The normalized spacial score (nSPS) is 10.2.